The fraction of sp³-hybridized carbons (Fsp3) is 0.750. The lowest BCUT2D eigenvalue weighted by molar-refractivity contribution is -0.123. The van der Waals surface area contributed by atoms with Crippen LogP contribution in [0.4, 0.5) is 0 Å². The molecule has 1 heterocycles. The number of carbonyl (C=O) groups is 1. The number of nitrogens with one attached hydrogen (secondary N) is 2. The van der Waals surface area contributed by atoms with Crippen molar-refractivity contribution in [3.05, 3.63) is 0 Å². The second-order valence-electron chi connectivity index (χ2n) is 3.47. The summed E-state index contributed by atoms with van der Waals surface area (Å²) < 4.78 is 0. The first-order valence-corrected chi connectivity index (χ1v) is 4.57. The van der Waals surface area contributed by atoms with Gasteiger partial charge < -0.3 is 10.6 Å². The Balaban J connectivity index is 2.49. The zero-order chi connectivity index (χ0) is 9.14. The number of amides is 1. The lowest BCUT2D eigenvalue weighted by atomic mass is 10.0. The van der Waals surface area contributed by atoms with Crippen molar-refractivity contribution in [2.24, 2.45) is 5.92 Å². The monoisotopic (exact) mass is 186 g/mol. The summed E-state index contributed by atoms with van der Waals surface area (Å²) in [5.74, 6) is 0.575. The van der Waals surface area contributed by atoms with Crippen LogP contribution < -0.4 is 10.6 Å². The van der Waals surface area contributed by atoms with Crippen molar-refractivity contribution in [3.63, 3.8) is 0 Å². The highest BCUT2D eigenvalue weighted by Crippen LogP contribution is 2.06. The highest BCUT2D eigenvalue weighted by atomic mass is 32.1. The molecule has 0 aromatic rings. The normalized spacial score (nSPS) is 23.8. The van der Waals surface area contributed by atoms with Gasteiger partial charge in [0.15, 0.2) is 0 Å². The van der Waals surface area contributed by atoms with Gasteiger partial charge in [-0.3, -0.25) is 4.79 Å². The van der Waals surface area contributed by atoms with Crippen molar-refractivity contribution < 1.29 is 4.79 Å². The van der Waals surface area contributed by atoms with E-state index in [1.165, 1.54) is 0 Å². The third kappa shape index (κ3) is 2.44. The number of carbonyl (C=O) groups excluding carboxylic acids is 1. The Hall–Kier alpha value is -0.640. The minimum Gasteiger partial charge on any atom is -0.367 e. The van der Waals surface area contributed by atoms with Gasteiger partial charge in [0, 0.05) is 0 Å². The van der Waals surface area contributed by atoms with Crippen molar-refractivity contribution in [3.8, 4) is 0 Å². The predicted molar refractivity (Wildman–Crippen MR) is 52.0 cm³/mol. The van der Waals surface area contributed by atoms with Crippen LogP contribution in [0.25, 0.3) is 0 Å². The maximum absolute atomic E-state index is 11.2. The maximum Gasteiger partial charge on any atom is 0.242 e. The Morgan fingerprint density at radius 3 is 2.92 bits per heavy atom. The van der Waals surface area contributed by atoms with Crippen LogP contribution in [0.5, 0.6) is 0 Å². The molecule has 0 saturated carbocycles. The number of hydrogen-bond donors (Lipinski definition) is 2. The summed E-state index contributed by atoms with van der Waals surface area (Å²) >= 11 is 4.96. The average Bonchev–Trinajstić information content (AvgIpc) is 1.96. The van der Waals surface area contributed by atoms with Crippen molar-refractivity contribution >= 4 is 23.1 Å². The zero-order valence-electron chi connectivity index (χ0n) is 7.39. The molecule has 0 bridgehead atoms. The Labute approximate surface area is 77.9 Å². The Bertz CT molecular complexity index is 203. The van der Waals surface area contributed by atoms with Crippen molar-refractivity contribution in [1.29, 1.82) is 0 Å². The van der Waals surface area contributed by atoms with Gasteiger partial charge in [0.05, 0.1) is 11.5 Å². The number of piperazine rings is 1. The van der Waals surface area contributed by atoms with E-state index in [4.69, 9.17) is 12.2 Å². The molecule has 0 radical (unpaired) electrons. The molecule has 1 amide bonds. The molecule has 2 N–H and O–H groups in total. The maximum atomic E-state index is 11.2. The molecular formula is C8H14N2OS. The van der Waals surface area contributed by atoms with E-state index in [1.807, 2.05) is 0 Å². The fourth-order valence-electron chi connectivity index (χ4n) is 1.24. The van der Waals surface area contributed by atoms with E-state index in [-0.39, 0.29) is 11.9 Å². The molecule has 0 spiro atoms. The van der Waals surface area contributed by atoms with Gasteiger partial charge >= 0.3 is 0 Å². The quantitative estimate of drug-likeness (QED) is 0.615. The predicted octanol–water partition coefficient (Wildman–Crippen LogP) is 0.448. The molecule has 1 rings (SSSR count). The molecular weight excluding hydrogens is 172 g/mol. The average molecular weight is 186 g/mol. The molecule has 1 fully saturated rings. The van der Waals surface area contributed by atoms with Gasteiger partial charge in [-0.1, -0.05) is 26.1 Å². The molecule has 68 valence electrons. The molecule has 1 aliphatic rings. The van der Waals surface area contributed by atoms with E-state index in [1.54, 1.807) is 0 Å². The highest BCUT2D eigenvalue weighted by Gasteiger charge is 2.24. The molecule has 1 saturated heterocycles. The van der Waals surface area contributed by atoms with Crippen molar-refractivity contribution in [2.75, 3.05) is 6.54 Å². The Morgan fingerprint density at radius 2 is 2.33 bits per heavy atom. The van der Waals surface area contributed by atoms with Crippen molar-refractivity contribution in [2.45, 2.75) is 26.3 Å². The molecule has 0 aromatic heterocycles. The first-order chi connectivity index (χ1) is 5.59. The van der Waals surface area contributed by atoms with Crippen LogP contribution in [-0.2, 0) is 4.79 Å². The standard InChI is InChI=1S/C8H14N2OS/c1-5(2)3-6-8(11)9-4-7(12)10-6/h5-6H,3-4H2,1-2H3,(H,9,11)(H,10,12). The SMILES string of the molecule is CC(C)CC1NC(=S)CNC1=O. The first kappa shape index (κ1) is 9.45. The van der Waals surface area contributed by atoms with E-state index < -0.39 is 0 Å². The molecule has 1 aliphatic heterocycles. The fourth-order valence-corrected chi connectivity index (χ4v) is 1.45. The van der Waals surface area contributed by atoms with E-state index in [0.717, 1.165) is 11.4 Å². The van der Waals surface area contributed by atoms with Crippen LogP contribution in [0.2, 0.25) is 0 Å². The number of rotatable bonds is 2. The van der Waals surface area contributed by atoms with Gasteiger partial charge in [-0.05, 0) is 12.3 Å². The van der Waals surface area contributed by atoms with E-state index in [0.29, 0.717) is 12.5 Å². The molecule has 1 unspecified atom stereocenters. The first-order valence-electron chi connectivity index (χ1n) is 4.16. The van der Waals surface area contributed by atoms with Gasteiger partial charge in [0.25, 0.3) is 0 Å². The summed E-state index contributed by atoms with van der Waals surface area (Å²) in [7, 11) is 0. The van der Waals surface area contributed by atoms with E-state index >= 15 is 0 Å². The van der Waals surface area contributed by atoms with Gasteiger partial charge in [-0.25, -0.2) is 0 Å². The molecule has 0 aromatic carbocycles. The van der Waals surface area contributed by atoms with Crippen LogP contribution in [0, 0.1) is 5.92 Å². The minimum absolute atomic E-state index is 0.0669. The summed E-state index contributed by atoms with van der Waals surface area (Å²) in [5, 5.41) is 5.76. The van der Waals surface area contributed by atoms with Crippen molar-refractivity contribution in [1.82, 2.24) is 10.6 Å². The second kappa shape index (κ2) is 3.85. The third-order valence-electron chi connectivity index (χ3n) is 1.78. The van der Waals surface area contributed by atoms with Crippen LogP contribution >= 0.6 is 12.2 Å². The molecule has 4 heteroatoms. The molecule has 12 heavy (non-hydrogen) atoms. The smallest absolute Gasteiger partial charge is 0.242 e. The molecule has 3 nitrogen and oxygen atoms in total. The second-order valence-corrected chi connectivity index (χ2v) is 3.96. The summed E-state index contributed by atoms with van der Waals surface area (Å²) in [4.78, 5) is 12.0. The van der Waals surface area contributed by atoms with Gasteiger partial charge in [0.2, 0.25) is 5.91 Å². The Morgan fingerprint density at radius 1 is 1.67 bits per heavy atom. The van der Waals surface area contributed by atoms with Gasteiger partial charge in [0.1, 0.15) is 6.04 Å². The lowest BCUT2D eigenvalue weighted by Gasteiger charge is -2.26. The zero-order valence-corrected chi connectivity index (χ0v) is 8.20. The van der Waals surface area contributed by atoms with Crippen LogP contribution in [0.1, 0.15) is 20.3 Å². The number of hydrogen-bond acceptors (Lipinski definition) is 2. The molecule has 1 atom stereocenters. The summed E-state index contributed by atoms with van der Waals surface area (Å²) in [6, 6.07) is -0.119. The third-order valence-corrected chi connectivity index (χ3v) is 2.04. The summed E-state index contributed by atoms with van der Waals surface area (Å²) in [6.45, 7) is 4.67. The van der Waals surface area contributed by atoms with Gasteiger partial charge in [-0.2, -0.15) is 0 Å². The van der Waals surface area contributed by atoms with Crippen LogP contribution in [-0.4, -0.2) is 23.5 Å². The van der Waals surface area contributed by atoms with Crippen LogP contribution in [0.15, 0.2) is 0 Å². The Kier molecular flexibility index (Phi) is 3.03. The topological polar surface area (TPSA) is 41.1 Å². The van der Waals surface area contributed by atoms with Gasteiger partial charge in [-0.15, -0.1) is 0 Å². The largest absolute Gasteiger partial charge is 0.367 e. The highest BCUT2D eigenvalue weighted by molar-refractivity contribution is 7.80. The molecule has 0 aliphatic carbocycles. The van der Waals surface area contributed by atoms with Crippen LogP contribution in [0.3, 0.4) is 0 Å². The minimum atomic E-state index is -0.119. The van der Waals surface area contributed by atoms with E-state index in [2.05, 4.69) is 24.5 Å². The summed E-state index contributed by atoms with van der Waals surface area (Å²) in [5.41, 5.74) is 0. The van der Waals surface area contributed by atoms with E-state index in [9.17, 15) is 4.79 Å². The lowest BCUT2D eigenvalue weighted by Crippen LogP contribution is -2.55. The number of thiocarbonyl (C=S) groups is 1. The summed E-state index contributed by atoms with van der Waals surface area (Å²) in [6.07, 6.45) is 0.839.